The molecule has 0 aliphatic heterocycles. The van der Waals surface area contributed by atoms with E-state index in [-0.39, 0.29) is 18.3 Å². The lowest BCUT2D eigenvalue weighted by molar-refractivity contribution is -0.144. The summed E-state index contributed by atoms with van der Waals surface area (Å²) < 4.78 is 4.81. The van der Waals surface area contributed by atoms with Gasteiger partial charge in [-0.1, -0.05) is 6.07 Å². The summed E-state index contributed by atoms with van der Waals surface area (Å²) in [5, 5.41) is 4.37. The van der Waals surface area contributed by atoms with Crippen molar-refractivity contribution in [3.8, 4) is 0 Å². The number of hydrogen-bond donors (Lipinski definition) is 2. The third-order valence-electron chi connectivity index (χ3n) is 1.80. The predicted molar refractivity (Wildman–Crippen MR) is 66.1 cm³/mol. The Bertz CT molecular complexity index is 351. The highest BCUT2D eigenvalue weighted by atomic mass is 32.1. The molecule has 1 heterocycles. The molecule has 0 radical (unpaired) electrons. The van der Waals surface area contributed by atoms with Gasteiger partial charge >= 0.3 is 5.97 Å². The number of esters is 1. The van der Waals surface area contributed by atoms with Gasteiger partial charge in [-0.25, -0.2) is 4.79 Å². The molecule has 0 aliphatic rings. The van der Waals surface area contributed by atoms with E-state index in [1.807, 2.05) is 0 Å². The van der Waals surface area contributed by atoms with E-state index in [0.717, 1.165) is 0 Å². The highest BCUT2D eigenvalue weighted by Crippen LogP contribution is 2.08. The zero-order valence-corrected chi connectivity index (χ0v) is 10.5. The van der Waals surface area contributed by atoms with Crippen molar-refractivity contribution in [1.29, 1.82) is 0 Å². The Morgan fingerprint density at radius 3 is 2.88 bits per heavy atom. The van der Waals surface area contributed by atoms with Crippen LogP contribution in [0.2, 0.25) is 0 Å². The van der Waals surface area contributed by atoms with Gasteiger partial charge in [0.25, 0.3) is 5.91 Å². The molecule has 6 heteroatoms. The third kappa shape index (κ3) is 3.53. The van der Waals surface area contributed by atoms with Crippen molar-refractivity contribution in [3.63, 3.8) is 0 Å². The number of hydrogen-bond acceptors (Lipinski definition) is 5. The lowest BCUT2D eigenvalue weighted by atomic mass is 10.3. The molecular formula is C10H13NO3S2. The molecule has 0 fully saturated rings. The topological polar surface area (TPSA) is 55.4 Å². The second kappa shape index (κ2) is 6.55. The molecule has 1 aromatic rings. The van der Waals surface area contributed by atoms with Gasteiger partial charge < -0.3 is 10.1 Å². The van der Waals surface area contributed by atoms with E-state index in [2.05, 4.69) is 17.9 Å². The zero-order valence-electron chi connectivity index (χ0n) is 8.80. The van der Waals surface area contributed by atoms with Crippen molar-refractivity contribution in [2.75, 3.05) is 12.4 Å². The number of rotatable bonds is 5. The number of ether oxygens (including phenoxy) is 1. The van der Waals surface area contributed by atoms with Crippen LogP contribution in [0.5, 0.6) is 0 Å². The average Bonchev–Trinajstić information content (AvgIpc) is 2.79. The Hall–Kier alpha value is -1.01. The molecule has 88 valence electrons. The van der Waals surface area contributed by atoms with Gasteiger partial charge in [0.15, 0.2) is 0 Å². The first-order valence-electron chi connectivity index (χ1n) is 4.81. The summed E-state index contributed by atoms with van der Waals surface area (Å²) in [5.74, 6) is -0.514. The molecule has 0 spiro atoms. The van der Waals surface area contributed by atoms with E-state index < -0.39 is 12.0 Å². The van der Waals surface area contributed by atoms with E-state index in [1.54, 1.807) is 24.4 Å². The van der Waals surface area contributed by atoms with Gasteiger partial charge in [0.1, 0.15) is 6.04 Å². The first-order valence-corrected chi connectivity index (χ1v) is 6.32. The van der Waals surface area contributed by atoms with E-state index in [0.29, 0.717) is 4.88 Å². The molecule has 16 heavy (non-hydrogen) atoms. The minimum Gasteiger partial charge on any atom is -0.464 e. The fourth-order valence-corrected chi connectivity index (χ4v) is 1.93. The molecule has 1 N–H and O–H groups in total. The fraction of sp³-hybridized carbons (Fsp3) is 0.400. The van der Waals surface area contributed by atoms with Crippen LogP contribution in [0.1, 0.15) is 16.6 Å². The minimum atomic E-state index is -0.696. The van der Waals surface area contributed by atoms with Crippen LogP contribution in [0, 0.1) is 0 Å². The van der Waals surface area contributed by atoms with Crippen molar-refractivity contribution >= 4 is 35.8 Å². The largest absolute Gasteiger partial charge is 0.464 e. The number of thiol groups is 1. The molecule has 0 aliphatic carbocycles. The molecule has 1 atom stereocenters. The Kier molecular flexibility index (Phi) is 5.34. The van der Waals surface area contributed by atoms with E-state index in [9.17, 15) is 9.59 Å². The number of nitrogens with one attached hydrogen (secondary N) is 1. The van der Waals surface area contributed by atoms with Gasteiger partial charge in [-0.15, -0.1) is 11.3 Å². The van der Waals surface area contributed by atoms with Crippen LogP contribution < -0.4 is 5.32 Å². The summed E-state index contributed by atoms with van der Waals surface area (Å²) in [6, 6.07) is 2.78. The van der Waals surface area contributed by atoms with Crippen LogP contribution in [0.3, 0.4) is 0 Å². The molecule has 1 aromatic heterocycles. The molecule has 0 saturated heterocycles. The summed E-state index contributed by atoms with van der Waals surface area (Å²) in [7, 11) is 0. The van der Waals surface area contributed by atoms with Crippen molar-refractivity contribution in [2.24, 2.45) is 0 Å². The highest BCUT2D eigenvalue weighted by Gasteiger charge is 2.21. The monoisotopic (exact) mass is 259 g/mol. The number of carbonyl (C=O) groups is 2. The fourth-order valence-electron chi connectivity index (χ4n) is 1.06. The van der Waals surface area contributed by atoms with Gasteiger partial charge in [0, 0.05) is 5.75 Å². The molecule has 1 rings (SSSR count). The Morgan fingerprint density at radius 2 is 2.38 bits per heavy atom. The Labute approximate surface area is 103 Å². The Balaban J connectivity index is 2.57. The van der Waals surface area contributed by atoms with Crippen molar-refractivity contribution in [2.45, 2.75) is 13.0 Å². The van der Waals surface area contributed by atoms with Crippen molar-refractivity contribution in [1.82, 2.24) is 5.32 Å². The normalized spacial score (nSPS) is 11.9. The maximum atomic E-state index is 11.6. The second-order valence-corrected chi connectivity index (χ2v) is 4.25. The summed E-state index contributed by atoms with van der Waals surface area (Å²) in [5.41, 5.74) is 0. The predicted octanol–water partition coefficient (Wildman–Crippen LogP) is 1.34. The van der Waals surface area contributed by atoms with Gasteiger partial charge in [0.2, 0.25) is 0 Å². The molecule has 4 nitrogen and oxygen atoms in total. The van der Waals surface area contributed by atoms with E-state index >= 15 is 0 Å². The first kappa shape index (κ1) is 13.1. The lowest BCUT2D eigenvalue weighted by Gasteiger charge is -2.14. The number of thiophene rings is 1. The molecule has 0 bridgehead atoms. The minimum absolute atomic E-state index is 0.218. The quantitative estimate of drug-likeness (QED) is 0.620. The summed E-state index contributed by atoms with van der Waals surface area (Å²) in [4.78, 5) is 23.6. The molecule has 1 amide bonds. The Morgan fingerprint density at radius 1 is 1.62 bits per heavy atom. The standard InChI is InChI=1S/C10H13NO3S2/c1-2-14-10(13)7(6-15)11-9(12)8-4-3-5-16-8/h3-5,7,15H,2,6H2,1H3,(H,11,12)/t7-/m0/s1. The smallest absolute Gasteiger partial charge is 0.329 e. The van der Waals surface area contributed by atoms with Gasteiger partial charge in [-0.05, 0) is 18.4 Å². The summed E-state index contributed by atoms with van der Waals surface area (Å²) in [6.07, 6.45) is 0. The highest BCUT2D eigenvalue weighted by molar-refractivity contribution is 7.80. The average molecular weight is 259 g/mol. The van der Waals surface area contributed by atoms with Crippen LogP contribution in [0.25, 0.3) is 0 Å². The van der Waals surface area contributed by atoms with Crippen LogP contribution in [0.15, 0.2) is 17.5 Å². The number of amides is 1. The number of carbonyl (C=O) groups excluding carboxylic acids is 2. The molecular weight excluding hydrogens is 246 g/mol. The van der Waals surface area contributed by atoms with Crippen LogP contribution >= 0.6 is 24.0 Å². The molecule has 0 saturated carbocycles. The van der Waals surface area contributed by atoms with Gasteiger partial charge in [-0.2, -0.15) is 12.6 Å². The van der Waals surface area contributed by atoms with Crippen LogP contribution in [0.4, 0.5) is 0 Å². The van der Waals surface area contributed by atoms with Crippen molar-refractivity contribution in [3.05, 3.63) is 22.4 Å². The third-order valence-corrected chi connectivity index (χ3v) is 3.04. The summed E-state index contributed by atoms with van der Waals surface area (Å²) in [6.45, 7) is 2.01. The molecule has 0 unspecified atom stereocenters. The van der Waals surface area contributed by atoms with Gasteiger partial charge in [-0.3, -0.25) is 4.79 Å². The molecule has 0 aromatic carbocycles. The van der Waals surface area contributed by atoms with E-state index in [4.69, 9.17) is 4.74 Å². The summed E-state index contributed by atoms with van der Waals surface area (Å²) >= 11 is 5.33. The van der Waals surface area contributed by atoms with Crippen LogP contribution in [-0.2, 0) is 9.53 Å². The maximum Gasteiger partial charge on any atom is 0.329 e. The lowest BCUT2D eigenvalue weighted by Crippen LogP contribution is -2.43. The second-order valence-electron chi connectivity index (χ2n) is 2.94. The zero-order chi connectivity index (χ0) is 12.0. The first-order chi connectivity index (χ1) is 7.69. The van der Waals surface area contributed by atoms with Crippen molar-refractivity contribution < 1.29 is 14.3 Å². The maximum absolute atomic E-state index is 11.6. The van der Waals surface area contributed by atoms with Gasteiger partial charge in [0.05, 0.1) is 11.5 Å². The SMILES string of the molecule is CCOC(=O)[C@H](CS)NC(=O)c1cccs1. The van der Waals surface area contributed by atoms with Crippen LogP contribution in [-0.4, -0.2) is 30.3 Å². The van der Waals surface area contributed by atoms with E-state index in [1.165, 1.54) is 11.3 Å².